The molecule has 1 aliphatic heterocycles. The Balaban J connectivity index is 1.76. The zero-order chi connectivity index (χ0) is 17.1. The summed E-state index contributed by atoms with van der Waals surface area (Å²) in [7, 11) is 0. The summed E-state index contributed by atoms with van der Waals surface area (Å²) in [6, 6.07) is 8.86. The zero-order valence-electron chi connectivity index (χ0n) is 12.0. The van der Waals surface area contributed by atoms with Crippen LogP contribution in [0.15, 0.2) is 52.8 Å². The van der Waals surface area contributed by atoms with E-state index in [2.05, 4.69) is 26.5 Å². The molecule has 0 saturated carbocycles. The molecule has 1 aliphatic rings. The minimum absolute atomic E-state index is 0.0105. The van der Waals surface area contributed by atoms with Gasteiger partial charge >= 0.3 is 6.03 Å². The largest absolute Gasteiger partial charge is 0.323 e. The highest BCUT2D eigenvalue weighted by atomic mass is 35.5. The number of hydrogen-bond acceptors (Lipinski definition) is 5. The molecule has 0 aliphatic carbocycles. The van der Waals surface area contributed by atoms with Crippen LogP contribution < -0.4 is 16.2 Å². The standard InChI is InChI=1S/C14H11ClF2N6O/c15-23-13(20-21-22-23)11-3-1-2-4-12(11)19-14(24)18-10-6-8(16)5-9(17)7-10/h1-7,13H,(H,20,22)(H2,18,19,24). The molecule has 0 saturated heterocycles. The number of nitrogens with zero attached hydrogens (tertiary/aromatic N) is 3. The van der Waals surface area contributed by atoms with E-state index in [1.165, 1.54) is 0 Å². The summed E-state index contributed by atoms with van der Waals surface area (Å²) in [5.74, 6) is -1.58. The van der Waals surface area contributed by atoms with Crippen molar-refractivity contribution in [3.63, 3.8) is 0 Å². The van der Waals surface area contributed by atoms with Crippen LogP contribution in [0.3, 0.4) is 0 Å². The average Bonchev–Trinajstić information content (AvgIpc) is 2.92. The third-order valence-electron chi connectivity index (χ3n) is 3.13. The van der Waals surface area contributed by atoms with Crippen LogP contribution in [0.25, 0.3) is 0 Å². The molecule has 24 heavy (non-hydrogen) atoms. The number of rotatable bonds is 3. The molecule has 124 valence electrons. The predicted octanol–water partition coefficient (Wildman–Crippen LogP) is 3.95. The fourth-order valence-corrected chi connectivity index (χ4v) is 2.33. The van der Waals surface area contributed by atoms with Crippen LogP contribution in [0.4, 0.5) is 25.0 Å². The van der Waals surface area contributed by atoms with Crippen molar-refractivity contribution in [3.8, 4) is 0 Å². The Hall–Kier alpha value is -2.78. The van der Waals surface area contributed by atoms with E-state index in [9.17, 15) is 13.6 Å². The van der Waals surface area contributed by atoms with Gasteiger partial charge in [0.25, 0.3) is 0 Å². The fraction of sp³-hybridized carbons (Fsp3) is 0.0714. The molecule has 2 amide bonds. The third kappa shape index (κ3) is 3.58. The minimum Gasteiger partial charge on any atom is -0.308 e. The van der Waals surface area contributed by atoms with E-state index >= 15 is 0 Å². The van der Waals surface area contributed by atoms with E-state index in [0.717, 1.165) is 16.7 Å². The van der Waals surface area contributed by atoms with Gasteiger partial charge in [-0.2, -0.15) is 0 Å². The predicted molar refractivity (Wildman–Crippen MR) is 83.9 cm³/mol. The van der Waals surface area contributed by atoms with Gasteiger partial charge in [0.15, 0.2) is 6.17 Å². The summed E-state index contributed by atoms with van der Waals surface area (Å²) in [6.07, 6.45) is -0.630. The van der Waals surface area contributed by atoms with E-state index < -0.39 is 23.8 Å². The molecule has 0 aromatic heterocycles. The van der Waals surface area contributed by atoms with Gasteiger partial charge in [0.05, 0.1) is 0 Å². The summed E-state index contributed by atoms with van der Waals surface area (Å²) in [5.41, 5.74) is 3.44. The average molecular weight is 353 g/mol. The number of para-hydroxylation sites is 1. The van der Waals surface area contributed by atoms with Gasteiger partial charge in [0.1, 0.15) is 11.6 Å². The van der Waals surface area contributed by atoms with Crippen molar-refractivity contribution in [1.29, 1.82) is 0 Å². The van der Waals surface area contributed by atoms with Gasteiger partial charge in [-0.1, -0.05) is 28.0 Å². The van der Waals surface area contributed by atoms with Crippen LogP contribution in [0.5, 0.6) is 0 Å². The molecule has 3 rings (SSSR count). The van der Waals surface area contributed by atoms with Crippen LogP contribution in [-0.2, 0) is 0 Å². The van der Waals surface area contributed by atoms with Crippen molar-refractivity contribution in [1.82, 2.24) is 10.1 Å². The number of urea groups is 1. The maximum Gasteiger partial charge on any atom is 0.323 e. The van der Waals surface area contributed by atoms with E-state index in [1.807, 2.05) is 0 Å². The Morgan fingerprint density at radius 2 is 1.88 bits per heavy atom. The second-order valence-corrected chi connectivity index (χ2v) is 5.19. The maximum absolute atomic E-state index is 13.2. The number of nitrogens with one attached hydrogen (secondary N) is 3. The van der Waals surface area contributed by atoms with Gasteiger partial charge in [-0.05, 0) is 18.2 Å². The second-order valence-electron chi connectivity index (χ2n) is 4.82. The monoisotopic (exact) mass is 352 g/mol. The number of halogens is 3. The molecule has 3 N–H and O–H groups in total. The normalized spacial score (nSPS) is 16.7. The number of hydrogen-bond donors (Lipinski definition) is 3. The molecule has 7 nitrogen and oxygen atoms in total. The summed E-state index contributed by atoms with van der Waals surface area (Å²) in [4.78, 5) is 12.1. The van der Waals surface area contributed by atoms with Gasteiger partial charge < -0.3 is 10.6 Å². The van der Waals surface area contributed by atoms with Gasteiger partial charge in [-0.15, -0.1) is 5.11 Å². The van der Waals surface area contributed by atoms with Crippen molar-refractivity contribution in [2.75, 3.05) is 10.6 Å². The second kappa shape index (κ2) is 6.77. The first-order valence-corrected chi connectivity index (χ1v) is 7.10. The third-order valence-corrected chi connectivity index (χ3v) is 3.39. The number of hydrazine groups is 1. The summed E-state index contributed by atoms with van der Waals surface area (Å²) < 4.78 is 27.4. The number of benzene rings is 2. The molecule has 0 bridgehead atoms. The van der Waals surface area contributed by atoms with Crippen LogP contribution in [-0.4, -0.2) is 10.6 Å². The van der Waals surface area contributed by atoms with Gasteiger partial charge in [-0.25, -0.2) is 19.1 Å². The first kappa shape index (κ1) is 16.1. The molecule has 1 atom stereocenters. The van der Waals surface area contributed by atoms with Crippen molar-refractivity contribution < 1.29 is 13.6 Å². The Morgan fingerprint density at radius 1 is 1.17 bits per heavy atom. The molecule has 0 fully saturated rings. The first-order valence-electron chi connectivity index (χ1n) is 6.76. The zero-order valence-corrected chi connectivity index (χ0v) is 12.8. The Kier molecular flexibility index (Phi) is 4.54. The lowest BCUT2D eigenvalue weighted by molar-refractivity contribution is 0.262. The topological polar surface area (TPSA) is 81.1 Å². The smallest absolute Gasteiger partial charge is 0.308 e. The molecule has 1 heterocycles. The lowest BCUT2D eigenvalue weighted by Crippen LogP contribution is -2.25. The van der Waals surface area contributed by atoms with Crippen molar-refractivity contribution >= 4 is 29.2 Å². The van der Waals surface area contributed by atoms with E-state index in [4.69, 9.17) is 11.8 Å². The van der Waals surface area contributed by atoms with Crippen LogP contribution >= 0.6 is 11.8 Å². The maximum atomic E-state index is 13.2. The van der Waals surface area contributed by atoms with Crippen LogP contribution in [0.1, 0.15) is 11.7 Å². The molecule has 0 spiro atoms. The number of carbonyl (C=O) groups excluding carboxylic acids is 1. The Morgan fingerprint density at radius 3 is 2.54 bits per heavy atom. The highest BCUT2D eigenvalue weighted by Crippen LogP contribution is 2.31. The number of anilines is 2. The molecule has 2 aromatic carbocycles. The molecule has 2 aromatic rings. The van der Waals surface area contributed by atoms with Crippen molar-refractivity contribution in [2.45, 2.75) is 6.17 Å². The van der Waals surface area contributed by atoms with Crippen LogP contribution in [0.2, 0.25) is 0 Å². The molecular weight excluding hydrogens is 342 g/mol. The van der Waals surface area contributed by atoms with E-state index in [-0.39, 0.29) is 5.69 Å². The Labute approximate surface area is 140 Å². The summed E-state index contributed by atoms with van der Waals surface area (Å²) in [5, 5.41) is 12.4. The lowest BCUT2D eigenvalue weighted by Gasteiger charge is -2.17. The van der Waals surface area contributed by atoms with Crippen molar-refractivity contribution in [3.05, 3.63) is 59.7 Å². The number of amides is 2. The van der Waals surface area contributed by atoms with Gasteiger partial charge in [0, 0.05) is 34.8 Å². The van der Waals surface area contributed by atoms with Gasteiger partial charge in [0.2, 0.25) is 0 Å². The van der Waals surface area contributed by atoms with E-state index in [0.29, 0.717) is 17.3 Å². The fourth-order valence-electron chi connectivity index (χ4n) is 2.15. The Bertz CT molecular complexity index is 782. The first-order chi connectivity index (χ1) is 11.5. The van der Waals surface area contributed by atoms with Gasteiger partial charge in [-0.3, -0.25) is 0 Å². The van der Waals surface area contributed by atoms with Crippen molar-refractivity contribution in [2.24, 2.45) is 10.3 Å². The SMILES string of the molecule is O=C(Nc1cc(F)cc(F)c1)Nc1ccccc1C1N=NNN1Cl. The molecule has 0 radical (unpaired) electrons. The summed E-state index contributed by atoms with van der Waals surface area (Å²) >= 11 is 5.91. The molecule has 10 heteroatoms. The number of carbonyl (C=O) groups is 1. The highest BCUT2D eigenvalue weighted by Gasteiger charge is 2.25. The minimum atomic E-state index is -0.791. The van der Waals surface area contributed by atoms with E-state index in [1.54, 1.807) is 24.3 Å². The molecule has 1 unspecified atom stereocenters. The van der Waals surface area contributed by atoms with Crippen LogP contribution in [0, 0.1) is 11.6 Å². The lowest BCUT2D eigenvalue weighted by atomic mass is 10.1. The summed E-state index contributed by atoms with van der Waals surface area (Å²) in [6.45, 7) is 0. The highest BCUT2D eigenvalue weighted by molar-refractivity contribution is 6.13. The molecular formula is C14H11ClF2N6O. The quantitative estimate of drug-likeness (QED) is 0.732.